The van der Waals surface area contributed by atoms with Gasteiger partial charge in [0, 0.05) is 16.4 Å². The molecule has 2 aromatic rings. The maximum atomic E-state index is 13.9. The molecule has 0 atom stereocenters. The van der Waals surface area contributed by atoms with Gasteiger partial charge in [0.15, 0.2) is 5.78 Å². The zero-order chi connectivity index (χ0) is 12.6. The van der Waals surface area contributed by atoms with Crippen molar-refractivity contribution < 1.29 is 19.2 Å². The Balaban J connectivity index is 2.90. The van der Waals surface area contributed by atoms with Gasteiger partial charge in [-0.1, -0.05) is 24.3 Å². The second-order valence-corrected chi connectivity index (χ2v) is 3.80. The molecule has 0 fully saturated rings. The number of carbonyl (C=O) groups is 1. The molecule has 0 heterocycles. The maximum absolute atomic E-state index is 13.9. The van der Waals surface area contributed by atoms with E-state index in [1.807, 2.05) is 0 Å². The van der Waals surface area contributed by atoms with Crippen molar-refractivity contribution >= 4 is 29.1 Å². The zero-order valence-electron chi connectivity index (χ0n) is 9.14. The van der Waals surface area contributed by atoms with Crippen molar-refractivity contribution in [3.63, 3.8) is 0 Å². The van der Waals surface area contributed by atoms with E-state index in [4.69, 9.17) is 10.0 Å². The number of carbonyl (C=O) groups excluding carboxylic acids is 1. The smallest absolute Gasteiger partial charge is 0.423 e. The number of benzene rings is 2. The molecule has 0 amide bonds. The predicted molar refractivity (Wildman–Crippen MR) is 63.7 cm³/mol. The molecule has 17 heavy (non-hydrogen) atoms. The maximum Gasteiger partial charge on any atom is 0.491 e. The minimum atomic E-state index is -1.93. The Hall–Kier alpha value is -1.72. The Morgan fingerprint density at radius 3 is 2.35 bits per heavy atom. The van der Waals surface area contributed by atoms with Crippen LogP contribution in [-0.2, 0) is 0 Å². The van der Waals surface area contributed by atoms with Gasteiger partial charge in [0.25, 0.3) is 0 Å². The molecule has 0 saturated heterocycles. The molecule has 0 aliphatic heterocycles. The van der Waals surface area contributed by atoms with Crippen LogP contribution in [0.1, 0.15) is 17.3 Å². The van der Waals surface area contributed by atoms with Gasteiger partial charge in [-0.3, -0.25) is 4.79 Å². The highest BCUT2D eigenvalue weighted by Crippen LogP contribution is 2.21. The van der Waals surface area contributed by atoms with Gasteiger partial charge in [0.05, 0.1) is 0 Å². The lowest BCUT2D eigenvalue weighted by molar-refractivity contribution is 0.101. The average Bonchev–Trinajstić information content (AvgIpc) is 2.29. The molecule has 0 radical (unpaired) electrons. The van der Waals surface area contributed by atoms with Gasteiger partial charge in [-0.25, -0.2) is 4.39 Å². The molecule has 86 valence electrons. The lowest BCUT2D eigenvalue weighted by Gasteiger charge is -2.09. The van der Waals surface area contributed by atoms with Crippen LogP contribution in [0.4, 0.5) is 4.39 Å². The van der Waals surface area contributed by atoms with Crippen molar-refractivity contribution in [2.75, 3.05) is 0 Å². The van der Waals surface area contributed by atoms with Gasteiger partial charge in [0.2, 0.25) is 0 Å². The number of Topliss-reactive ketones (excluding diaryl/α,β-unsaturated/α-hetero) is 1. The van der Waals surface area contributed by atoms with E-state index < -0.39 is 12.9 Å². The molecule has 0 spiro atoms. The third kappa shape index (κ3) is 1.95. The molecule has 0 bridgehead atoms. The highest BCUT2D eigenvalue weighted by atomic mass is 19.1. The Labute approximate surface area is 97.7 Å². The molecular formula is C12H10BFO3. The summed E-state index contributed by atoms with van der Waals surface area (Å²) >= 11 is 0. The van der Waals surface area contributed by atoms with Crippen LogP contribution in [0.5, 0.6) is 0 Å². The summed E-state index contributed by atoms with van der Waals surface area (Å²) in [6.07, 6.45) is 0. The van der Waals surface area contributed by atoms with Crippen LogP contribution in [0, 0.1) is 5.82 Å². The third-order valence-electron chi connectivity index (χ3n) is 2.66. The third-order valence-corrected chi connectivity index (χ3v) is 2.66. The Morgan fingerprint density at radius 1 is 1.24 bits per heavy atom. The molecule has 2 N–H and O–H groups in total. The molecular weight excluding hydrogens is 222 g/mol. The van der Waals surface area contributed by atoms with Crippen molar-refractivity contribution in [2.24, 2.45) is 0 Å². The lowest BCUT2D eigenvalue weighted by atomic mass is 9.77. The normalized spacial score (nSPS) is 10.6. The molecule has 0 aromatic heterocycles. The number of halogens is 1. The van der Waals surface area contributed by atoms with Crippen molar-refractivity contribution in [2.45, 2.75) is 6.92 Å². The number of fused-ring (bicyclic) bond motifs is 1. The van der Waals surface area contributed by atoms with Gasteiger partial charge in [0.1, 0.15) is 5.82 Å². The number of rotatable bonds is 2. The standard InChI is InChI=1S/C12H10BFO3/c1-7(15)10-6-11(13(16)17)12(14)9-5-3-2-4-8(9)10/h2-6,16-17H,1H3. The quantitative estimate of drug-likeness (QED) is 0.596. The number of hydrogen-bond donors (Lipinski definition) is 2. The molecule has 3 nitrogen and oxygen atoms in total. The summed E-state index contributed by atoms with van der Waals surface area (Å²) in [5, 5.41) is 18.8. The topological polar surface area (TPSA) is 57.5 Å². The molecule has 2 aromatic carbocycles. The average molecular weight is 232 g/mol. The fourth-order valence-electron chi connectivity index (χ4n) is 1.84. The van der Waals surface area contributed by atoms with E-state index in [0.717, 1.165) is 0 Å². The van der Waals surface area contributed by atoms with Crippen LogP contribution >= 0.6 is 0 Å². The summed E-state index contributed by atoms with van der Waals surface area (Å²) in [4.78, 5) is 11.5. The Kier molecular flexibility index (Phi) is 2.96. The highest BCUT2D eigenvalue weighted by Gasteiger charge is 2.21. The van der Waals surface area contributed by atoms with Gasteiger partial charge in [-0.2, -0.15) is 0 Å². The highest BCUT2D eigenvalue weighted by molar-refractivity contribution is 6.59. The van der Waals surface area contributed by atoms with Gasteiger partial charge in [-0.15, -0.1) is 0 Å². The SMILES string of the molecule is CC(=O)c1cc(B(O)O)c(F)c2ccccc12. The molecule has 0 aliphatic carbocycles. The Bertz CT molecular complexity index is 596. The van der Waals surface area contributed by atoms with Gasteiger partial charge >= 0.3 is 7.12 Å². The van der Waals surface area contributed by atoms with Gasteiger partial charge in [-0.05, 0) is 18.4 Å². The first-order chi connectivity index (χ1) is 8.02. The summed E-state index contributed by atoms with van der Waals surface area (Å²) in [6, 6.07) is 7.64. The molecule has 5 heteroatoms. The monoisotopic (exact) mass is 232 g/mol. The molecule has 0 unspecified atom stereocenters. The van der Waals surface area contributed by atoms with Crippen molar-refractivity contribution in [1.29, 1.82) is 0 Å². The van der Waals surface area contributed by atoms with E-state index in [9.17, 15) is 9.18 Å². The second-order valence-electron chi connectivity index (χ2n) is 3.80. The lowest BCUT2D eigenvalue weighted by Crippen LogP contribution is -2.33. The van der Waals surface area contributed by atoms with Crippen molar-refractivity contribution in [3.8, 4) is 0 Å². The minimum absolute atomic E-state index is 0.211. The van der Waals surface area contributed by atoms with Crippen molar-refractivity contribution in [1.82, 2.24) is 0 Å². The van der Waals surface area contributed by atoms with E-state index >= 15 is 0 Å². The summed E-state index contributed by atoms with van der Waals surface area (Å²) in [5.41, 5.74) is -0.000926. The summed E-state index contributed by atoms with van der Waals surface area (Å²) in [6.45, 7) is 1.35. The van der Waals surface area contributed by atoms with Crippen molar-refractivity contribution in [3.05, 3.63) is 41.7 Å². The number of ketones is 1. The first kappa shape index (κ1) is 11.8. The van der Waals surface area contributed by atoms with Crippen LogP contribution in [0.3, 0.4) is 0 Å². The summed E-state index contributed by atoms with van der Waals surface area (Å²) in [7, 11) is -1.93. The first-order valence-electron chi connectivity index (χ1n) is 5.10. The van der Waals surface area contributed by atoms with Crippen LogP contribution in [0.25, 0.3) is 10.8 Å². The second kappa shape index (κ2) is 4.27. The molecule has 2 rings (SSSR count). The number of hydrogen-bond acceptors (Lipinski definition) is 3. The van der Waals surface area contributed by atoms with Gasteiger partial charge < -0.3 is 10.0 Å². The van der Waals surface area contributed by atoms with E-state index in [-0.39, 0.29) is 22.2 Å². The molecule has 0 aliphatic rings. The van der Waals surface area contributed by atoms with Crippen LogP contribution in [0.15, 0.2) is 30.3 Å². The zero-order valence-corrected chi connectivity index (χ0v) is 9.14. The van der Waals surface area contributed by atoms with E-state index in [1.165, 1.54) is 19.1 Å². The summed E-state index contributed by atoms with van der Waals surface area (Å²) < 4.78 is 13.9. The fourth-order valence-corrected chi connectivity index (χ4v) is 1.84. The van der Waals surface area contributed by atoms with E-state index in [1.54, 1.807) is 18.2 Å². The largest absolute Gasteiger partial charge is 0.491 e. The van der Waals surface area contributed by atoms with E-state index in [2.05, 4.69) is 0 Å². The van der Waals surface area contributed by atoms with Crippen LogP contribution < -0.4 is 5.46 Å². The van der Waals surface area contributed by atoms with Crippen LogP contribution in [0.2, 0.25) is 0 Å². The molecule has 0 saturated carbocycles. The predicted octanol–water partition coefficient (Wildman–Crippen LogP) is 0.861. The first-order valence-corrected chi connectivity index (χ1v) is 5.10. The van der Waals surface area contributed by atoms with E-state index in [0.29, 0.717) is 5.39 Å². The Morgan fingerprint density at radius 2 is 1.82 bits per heavy atom. The fraction of sp³-hybridized carbons (Fsp3) is 0.0833. The minimum Gasteiger partial charge on any atom is -0.423 e. The van der Waals surface area contributed by atoms with Crippen LogP contribution in [-0.4, -0.2) is 22.9 Å². The summed E-state index contributed by atoms with van der Waals surface area (Å²) in [5.74, 6) is -0.955.